The topological polar surface area (TPSA) is 73.8 Å². The van der Waals surface area contributed by atoms with Crippen molar-refractivity contribution in [3.63, 3.8) is 0 Å². The summed E-state index contributed by atoms with van der Waals surface area (Å²) in [6, 6.07) is 10.6. The van der Waals surface area contributed by atoms with Crippen LogP contribution < -0.4 is 4.90 Å². The standard InChI is InChI=1S/C29H40N4O3S2.ClH/c1-6-32(7-2)17-18-33(29-30-26-19-21(3)22(4)20-27(26)37-29)28(34)23-13-15-25(16-14-23)38(35,36)31(5)24-11-9-8-10-12-24;/h13-16,19-20,24H,6-12,17-18H2,1-5H3;1H. The van der Waals surface area contributed by atoms with Crippen LogP contribution in [0, 0.1) is 13.8 Å². The van der Waals surface area contributed by atoms with Crippen LogP contribution in [0.15, 0.2) is 41.3 Å². The van der Waals surface area contributed by atoms with Crippen LogP contribution in [0.25, 0.3) is 10.2 Å². The molecule has 1 amide bonds. The molecular formula is C29H41ClN4O3S2. The second-order valence-corrected chi connectivity index (χ2v) is 13.2. The Bertz CT molecular complexity index is 1330. The summed E-state index contributed by atoms with van der Waals surface area (Å²) in [5.41, 5.74) is 3.71. The normalized spacial score (nSPS) is 14.6. The van der Waals surface area contributed by atoms with E-state index in [1.54, 1.807) is 36.2 Å². The molecule has 4 rings (SSSR count). The van der Waals surface area contributed by atoms with E-state index in [1.807, 2.05) is 0 Å². The highest BCUT2D eigenvalue weighted by Crippen LogP contribution is 2.32. The number of fused-ring (bicyclic) bond motifs is 1. The fraction of sp³-hybridized carbons (Fsp3) is 0.517. The zero-order valence-electron chi connectivity index (χ0n) is 23.6. The molecule has 10 heteroatoms. The number of rotatable bonds is 10. The van der Waals surface area contributed by atoms with Crippen LogP contribution in [0.2, 0.25) is 0 Å². The molecule has 214 valence electrons. The van der Waals surface area contributed by atoms with Gasteiger partial charge in [0.15, 0.2) is 5.13 Å². The van der Waals surface area contributed by atoms with E-state index in [4.69, 9.17) is 4.98 Å². The molecule has 1 aliphatic carbocycles. The lowest BCUT2D eigenvalue weighted by Gasteiger charge is -2.30. The van der Waals surface area contributed by atoms with Crippen LogP contribution in [0.3, 0.4) is 0 Å². The number of carbonyl (C=O) groups excluding carboxylic acids is 1. The van der Waals surface area contributed by atoms with Crippen molar-refractivity contribution in [2.45, 2.75) is 70.7 Å². The van der Waals surface area contributed by atoms with Gasteiger partial charge in [-0.25, -0.2) is 13.4 Å². The fourth-order valence-corrected chi connectivity index (χ4v) is 7.57. The van der Waals surface area contributed by atoms with Crippen LogP contribution >= 0.6 is 23.7 Å². The summed E-state index contributed by atoms with van der Waals surface area (Å²) >= 11 is 1.52. The highest BCUT2D eigenvalue weighted by atomic mass is 35.5. The number of aryl methyl sites for hydroxylation is 2. The van der Waals surface area contributed by atoms with E-state index in [-0.39, 0.29) is 29.3 Å². The van der Waals surface area contributed by atoms with Gasteiger partial charge in [-0.1, -0.05) is 44.4 Å². The van der Waals surface area contributed by atoms with Gasteiger partial charge in [0.25, 0.3) is 5.91 Å². The fourth-order valence-electron chi connectivity index (χ4n) is 5.08. The molecule has 1 heterocycles. The van der Waals surface area contributed by atoms with E-state index in [0.717, 1.165) is 55.5 Å². The van der Waals surface area contributed by atoms with Crippen molar-refractivity contribution < 1.29 is 13.2 Å². The van der Waals surface area contributed by atoms with Gasteiger partial charge in [0.05, 0.1) is 15.1 Å². The number of amides is 1. The lowest BCUT2D eigenvalue weighted by molar-refractivity contribution is 0.0983. The van der Waals surface area contributed by atoms with Crippen molar-refractivity contribution >= 4 is 55.0 Å². The first-order valence-electron chi connectivity index (χ1n) is 13.7. The van der Waals surface area contributed by atoms with E-state index < -0.39 is 10.0 Å². The van der Waals surface area contributed by atoms with Crippen molar-refractivity contribution in [2.75, 3.05) is 38.1 Å². The summed E-state index contributed by atoms with van der Waals surface area (Å²) < 4.78 is 29.1. The molecule has 1 aliphatic rings. The molecule has 0 N–H and O–H groups in total. The predicted octanol–water partition coefficient (Wildman–Crippen LogP) is 6.28. The van der Waals surface area contributed by atoms with Crippen molar-refractivity contribution in [3.05, 3.63) is 53.1 Å². The van der Waals surface area contributed by atoms with Crippen molar-refractivity contribution in [1.29, 1.82) is 0 Å². The van der Waals surface area contributed by atoms with E-state index in [9.17, 15) is 13.2 Å². The van der Waals surface area contributed by atoms with Gasteiger partial charge in [0.1, 0.15) is 0 Å². The van der Waals surface area contributed by atoms with Crippen molar-refractivity contribution in [2.24, 2.45) is 0 Å². The maximum Gasteiger partial charge on any atom is 0.260 e. The number of thiazole rings is 1. The molecule has 1 fully saturated rings. The molecule has 0 spiro atoms. The molecule has 0 radical (unpaired) electrons. The summed E-state index contributed by atoms with van der Waals surface area (Å²) in [6.07, 6.45) is 5.09. The number of sulfonamides is 1. The summed E-state index contributed by atoms with van der Waals surface area (Å²) in [7, 11) is -1.94. The van der Waals surface area contributed by atoms with Gasteiger partial charge < -0.3 is 4.90 Å². The molecule has 0 saturated heterocycles. The van der Waals surface area contributed by atoms with Crippen molar-refractivity contribution in [1.82, 2.24) is 14.2 Å². The lowest BCUT2D eigenvalue weighted by atomic mass is 9.96. The number of nitrogens with zero attached hydrogens (tertiary/aromatic N) is 4. The molecule has 1 aromatic heterocycles. The minimum Gasteiger partial charge on any atom is -0.302 e. The molecule has 1 saturated carbocycles. The number of aromatic nitrogens is 1. The molecular weight excluding hydrogens is 552 g/mol. The second kappa shape index (κ2) is 13.5. The van der Waals surface area contributed by atoms with E-state index >= 15 is 0 Å². The average Bonchev–Trinajstić information content (AvgIpc) is 3.33. The minimum atomic E-state index is -3.62. The summed E-state index contributed by atoms with van der Waals surface area (Å²) in [5, 5.41) is 0.663. The molecule has 39 heavy (non-hydrogen) atoms. The Morgan fingerprint density at radius 1 is 0.974 bits per heavy atom. The van der Waals surface area contributed by atoms with Crippen LogP contribution in [0.5, 0.6) is 0 Å². The highest BCUT2D eigenvalue weighted by Gasteiger charge is 2.29. The quantitative estimate of drug-likeness (QED) is 0.277. The molecule has 7 nitrogen and oxygen atoms in total. The first kappa shape index (κ1) is 31.5. The number of hydrogen-bond donors (Lipinski definition) is 0. The van der Waals surface area contributed by atoms with Crippen LogP contribution in [0.1, 0.15) is 67.4 Å². The number of anilines is 1. The van der Waals surface area contributed by atoms with E-state index in [2.05, 4.69) is 44.7 Å². The van der Waals surface area contributed by atoms with Crippen LogP contribution in [-0.2, 0) is 10.0 Å². The Labute approximate surface area is 243 Å². The zero-order chi connectivity index (χ0) is 27.4. The van der Waals surface area contributed by atoms with Gasteiger partial charge in [0.2, 0.25) is 10.0 Å². The third kappa shape index (κ3) is 7.00. The Morgan fingerprint density at radius 2 is 1.59 bits per heavy atom. The maximum atomic E-state index is 13.8. The Morgan fingerprint density at radius 3 is 2.21 bits per heavy atom. The van der Waals surface area contributed by atoms with Gasteiger partial charge >= 0.3 is 0 Å². The average molecular weight is 593 g/mol. The number of halogens is 1. The lowest BCUT2D eigenvalue weighted by Crippen LogP contribution is -2.39. The Kier molecular flexibility index (Phi) is 10.9. The third-order valence-corrected chi connectivity index (χ3v) is 10.8. The highest BCUT2D eigenvalue weighted by molar-refractivity contribution is 7.89. The molecule has 0 bridgehead atoms. The van der Waals surface area contributed by atoms with Gasteiger partial charge in [-0.2, -0.15) is 4.31 Å². The number of carbonyl (C=O) groups is 1. The van der Waals surface area contributed by atoms with E-state index in [1.165, 1.54) is 33.2 Å². The number of likely N-dealkylation sites (N-methyl/N-ethyl adjacent to an activating group) is 1. The van der Waals surface area contributed by atoms with Gasteiger partial charge in [-0.3, -0.25) is 9.69 Å². The largest absolute Gasteiger partial charge is 0.302 e. The molecule has 0 atom stereocenters. The first-order valence-corrected chi connectivity index (χ1v) is 15.9. The van der Waals surface area contributed by atoms with Gasteiger partial charge in [-0.05, 0) is 87.3 Å². The van der Waals surface area contributed by atoms with Gasteiger partial charge in [-0.15, -0.1) is 12.4 Å². The number of benzene rings is 2. The third-order valence-electron chi connectivity index (χ3n) is 7.87. The monoisotopic (exact) mass is 592 g/mol. The summed E-state index contributed by atoms with van der Waals surface area (Å²) in [4.78, 5) is 22.9. The Hall–Kier alpha value is -2.04. The molecule has 0 aliphatic heterocycles. The smallest absolute Gasteiger partial charge is 0.260 e. The number of hydrogen-bond acceptors (Lipinski definition) is 6. The second-order valence-electron chi connectivity index (χ2n) is 10.2. The first-order chi connectivity index (χ1) is 18.1. The van der Waals surface area contributed by atoms with E-state index in [0.29, 0.717) is 17.2 Å². The van der Waals surface area contributed by atoms with Crippen molar-refractivity contribution in [3.8, 4) is 0 Å². The predicted molar refractivity (Wildman–Crippen MR) is 164 cm³/mol. The summed E-state index contributed by atoms with van der Waals surface area (Å²) in [6.45, 7) is 11.4. The van der Waals surface area contributed by atoms with Gasteiger partial charge in [0, 0.05) is 31.7 Å². The molecule has 0 unspecified atom stereocenters. The maximum absolute atomic E-state index is 13.8. The minimum absolute atomic E-state index is 0. The Balaban J connectivity index is 0.00000420. The molecule has 2 aromatic carbocycles. The van der Waals surface area contributed by atoms with Crippen LogP contribution in [0.4, 0.5) is 5.13 Å². The SMILES string of the molecule is CCN(CC)CCN(C(=O)c1ccc(S(=O)(=O)N(C)C2CCCCC2)cc1)c1nc2cc(C)c(C)cc2s1.Cl. The zero-order valence-corrected chi connectivity index (χ0v) is 26.1. The van der Waals surface area contributed by atoms with Crippen LogP contribution in [-0.4, -0.2) is 67.8 Å². The molecule has 3 aromatic rings. The summed E-state index contributed by atoms with van der Waals surface area (Å²) in [5.74, 6) is -0.172.